The molecule has 6 nitrogen and oxygen atoms in total. The topological polar surface area (TPSA) is 73.5 Å². The van der Waals surface area contributed by atoms with Gasteiger partial charge in [-0.05, 0) is 69.4 Å². The highest BCUT2D eigenvalue weighted by Crippen LogP contribution is 2.27. The summed E-state index contributed by atoms with van der Waals surface area (Å²) in [6, 6.07) is 13.0. The van der Waals surface area contributed by atoms with Crippen LogP contribution in [0.1, 0.15) is 55.5 Å². The fourth-order valence-electron chi connectivity index (χ4n) is 3.61. The summed E-state index contributed by atoms with van der Waals surface area (Å²) >= 11 is 0. The Morgan fingerprint density at radius 3 is 2.47 bits per heavy atom. The maximum atomic E-state index is 13.0. The van der Waals surface area contributed by atoms with Crippen molar-refractivity contribution in [3.05, 3.63) is 53.6 Å². The zero-order valence-corrected chi connectivity index (χ0v) is 18.1. The van der Waals surface area contributed by atoms with Crippen molar-refractivity contribution in [1.29, 1.82) is 0 Å². The lowest BCUT2D eigenvalue weighted by Crippen LogP contribution is -2.35. The molecule has 0 aromatic heterocycles. The van der Waals surface area contributed by atoms with Gasteiger partial charge in [-0.25, -0.2) is 4.79 Å². The van der Waals surface area contributed by atoms with E-state index in [1.54, 1.807) is 6.07 Å². The molecule has 3 N–H and O–H groups in total. The van der Waals surface area contributed by atoms with E-state index in [-0.39, 0.29) is 18.0 Å². The smallest absolute Gasteiger partial charge is 0.323 e. The highest BCUT2D eigenvalue weighted by Gasteiger charge is 2.20. The minimum atomic E-state index is -0.330. The summed E-state index contributed by atoms with van der Waals surface area (Å²) in [5, 5.41) is 8.79. The van der Waals surface area contributed by atoms with Gasteiger partial charge in [-0.15, -0.1) is 0 Å². The van der Waals surface area contributed by atoms with Crippen LogP contribution in [0.2, 0.25) is 0 Å². The largest absolute Gasteiger partial charge is 0.371 e. The van der Waals surface area contributed by atoms with Crippen LogP contribution < -0.4 is 20.9 Å². The van der Waals surface area contributed by atoms with Gasteiger partial charge in [0.1, 0.15) is 0 Å². The molecule has 1 fully saturated rings. The first-order valence-corrected chi connectivity index (χ1v) is 10.8. The number of anilines is 3. The van der Waals surface area contributed by atoms with Crippen molar-refractivity contribution >= 4 is 29.0 Å². The highest BCUT2D eigenvalue weighted by molar-refractivity contribution is 6.04. The van der Waals surface area contributed by atoms with Gasteiger partial charge in [0.05, 0.1) is 5.56 Å². The van der Waals surface area contributed by atoms with Crippen molar-refractivity contribution in [3.63, 3.8) is 0 Å². The Labute approximate surface area is 179 Å². The van der Waals surface area contributed by atoms with Crippen molar-refractivity contribution in [1.82, 2.24) is 5.32 Å². The number of rotatable bonds is 6. The lowest BCUT2D eigenvalue weighted by molar-refractivity contribution is 0.0939. The van der Waals surface area contributed by atoms with Gasteiger partial charge < -0.3 is 20.9 Å². The summed E-state index contributed by atoms with van der Waals surface area (Å²) in [5.74, 6) is -0.104. The van der Waals surface area contributed by atoms with Crippen LogP contribution in [0.5, 0.6) is 0 Å². The number of piperidine rings is 1. The van der Waals surface area contributed by atoms with Crippen LogP contribution in [0.15, 0.2) is 42.5 Å². The second-order valence-corrected chi connectivity index (χ2v) is 7.96. The van der Waals surface area contributed by atoms with Crippen molar-refractivity contribution in [2.45, 2.75) is 52.5 Å². The van der Waals surface area contributed by atoms with E-state index in [4.69, 9.17) is 0 Å². The number of amides is 3. The number of hydrogen-bond acceptors (Lipinski definition) is 3. The van der Waals surface area contributed by atoms with Gasteiger partial charge in [0.25, 0.3) is 5.91 Å². The maximum Gasteiger partial charge on any atom is 0.323 e. The summed E-state index contributed by atoms with van der Waals surface area (Å²) in [6.45, 7) is 7.88. The van der Waals surface area contributed by atoms with Crippen LogP contribution in [0.4, 0.5) is 21.9 Å². The number of hydrogen-bond donors (Lipinski definition) is 3. The molecular formula is C24H32N4O2. The molecule has 0 spiro atoms. The van der Waals surface area contributed by atoms with E-state index >= 15 is 0 Å². The molecule has 0 unspecified atom stereocenters. The standard InChI is InChI=1S/C24H32N4O2/c1-4-18(3)25-23(29)20-16-19(12-13-22(20)28-14-8-5-9-15-28)26-24(30)27-21-11-7-6-10-17(21)2/h6-7,10-13,16,18H,4-5,8-9,14-15H2,1-3H3,(H,25,29)(H2,26,27,30)/t18-/m1/s1. The molecule has 0 bridgehead atoms. The summed E-state index contributed by atoms with van der Waals surface area (Å²) < 4.78 is 0. The molecular weight excluding hydrogens is 376 g/mol. The van der Waals surface area contributed by atoms with E-state index in [9.17, 15) is 9.59 Å². The first-order valence-electron chi connectivity index (χ1n) is 10.8. The minimum Gasteiger partial charge on any atom is -0.371 e. The molecule has 0 saturated carbocycles. The number of nitrogens with zero attached hydrogens (tertiary/aromatic N) is 1. The Morgan fingerprint density at radius 2 is 1.77 bits per heavy atom. The molecule has 1 aliphatic heterocycles. The van der Waals surface area contributed by atoms with Crippen molar-refractivity contribution in [3.8, 4) is 0 Å². The molecule has 1 aliphatic rings. The van der Waals surface area contributed by atoms with Crippen LogP contribution >= 0.6 is 0 Å². The van der Waals surface area contributed by atoms with Gasteiger partial charge in [0.2, 0.25) is 0 Å². The van der Waals surface area contributed by atoms with Gasteiger partial charge in [-0.1, -0.05) is 25.1 Å². The molecule has 1 saturated heterocycles. The van der Waals surface area contributed by atoms with Gasteiger partial charge in [0.15, 0.2) is 0 Å². The van der Waals surface area contributed by atoms with Crippen LogP contribution in [-0.2, 0) is 0 Å². The van der Waals surface area contributed by atoms with Crippen molar-refractivity contribution in [2.24, 2.45) is 0 Å². The zero-order chi connectivity index (χ0) is 21.5. The SMILES string of the molecule is CC[C@@H](C)NC(=O)c1cc(NC(=O)Nc2ccccc2C)ccc1N1CCCCC1. The van der Waals surface area contributed by atoms with Crippen LogP contribution in [-0.4, -0.2) is 31.1 Å². The molecule has 1 atom stereocenters. The summed E-state index contributed by atoms with van der Waals surface area (Å²) in [7, 11) is 0. The van der Waals surface area contributed by atoms with Crippen LogP contribution in [0.3, 0.4) is 0 Å². The van der Waals surface area contributed by atoms with E-state index in [0.29, 0.717) is 11.3 Å². The van der Waals surface area contributed by atoms with E-state index in [0.717, 1.165) is 49.3 Å². The predicted octanol–water partition coefficient (Wildman–Crippen LogP) is 5.16. The predicted molar refractivity (Wildman–Crippen MR) is 124 cm³/mol. The Hall–Kier alpha value is -3.02. The molecule has 3 amide bonds. The average Bonchev–Trinajstić information content (AvgIpc) is 2.75. The third-order valence-corrected chi connectivity index (χ3v) is 5.58. The third kappa shape index (κ3) is 5.53. The van der Waals surface area contributed by atoms with Crippen molar-refractivity contribution < 1.29 is 9.59 Å². The summed E-state index contributed by atoms with van der Waals surface area (Å²) in [4.78, 5) is 27.7. The van der Waals surface area contributed by atoms with Gasteiger partial charge in [-0.3, -0.25) is 4.79 Å². The normalized spacial score (nSPS) is 14.7. The van der Waals surface area contributed by atoms with E-state index < -0.39 is 0 Å². The lowest BCUT2D eigenvalue weighted by Gasteiger charge is -2.31. The first-order chi connectivity index (χ1) is 14.5. The Balaban J connectivity index is 1.81. The summed E-state index contributed by atoms with van der Waals surface area (Å²) in [6.07, 6.45) is 4.35. The number of para-hydroxylation sites is 1. The fraction of sp³-hybridized carbons (Fsp3) is 0.417. The Morgan fingerprint density at radius 1 is 1.03 bits per heavy atom. The number of carbonyl (C=O) groups excluding carboxylic acids is 2. The van der Waals surface area contributed by atoms with E-state index in [2.05, 4.69) is 20.9 Å². The number of benzene rings is 2. The molecule has 2 aromatic rings. The summed E-state index contributed by atoms with van der Waals surface area (Å²) in [5.41, 5.74) is 3.87. The molecule has 1 heterocycles. The molecule has 6 heteroatoms. The lowest BCUT2D eigenvalue weighted by atomic mass is 10.1. The quantitative estimate of drug-likeness (QED) is 0.618. The first kappa shape index (κ1) is 21.7. The fourth-order valence-corrected chi connectivity index (χ4v) is 3.61. The molecule has 0 radical (unpaired) electrons. The molecule has 2 aromatic carbocycles. The van der Waals surface area contributed by atoms with Gasteiger partial charge in [0, 0.05) is 36.2 Å². The molecule has 30 heavy (non-hydrogen) atoms. The number of aryl methyl sites for hydroxylation is 1. The monoisotopic (exact) mass is 408 g/mol. The second-order valence-electron chi connectivity index (χ2n) is 7.96. The third-order valence-electron chi connectivity index (χ3n) is 5.58. The highest BCUT2D eigenvalue weighted by atomic mass is 16.2. The zero-order valence-electron chi connectivity index (χ0n) is 18.1. The Bertz CT molecular complexity index is 891. The average molecular weight is 409 g/mol. The van der Waals surface area contributed by atoms with E-state index in [1.165, 1.54) is 6.42 Å². The van der Waals surface area contributed by atoms with Crippen molar-refractivity contribution in [2.75, 3.05) is 28.6 Å². The van der Waals surface area contributed by atoms with Crippen LogP contribution in [0.25, 0.3) is 0 Å². The van der Waals surface area contributed by atoms with Gasteiger partial charge in [-0.2, -0.15) is 0 Å². The number of carbonyl (C=O) groups is 2. The Kier molecular flexibility index (Phi) is 7.33. The molecule has 160 valence electrons. The molecule has 3 rings (SSSR count). The molecule has 0 aliphatic carbocycles. The number of urea groups is 1. The van der Waals surface area contributed by atoms with Crippen LogP contribution in [0, 0.1) is 6.92 Å². The minimum absolute atomic E-state index is 0.0904. The number of nitrogens with one attached hydrogen (secondary N) is 3. The second kappa shape index (κ2) is 10.1. The van der Waals surface area contributed by atoms with Gasteiger partial charge >= 0.3 is 6.03 Å². The maximum absolute atomic E-state index is 13.0. The van der Waals surface area contributed by atoms with E-state index in [1.807, 2.05) is 57.2 Å².